The second kappa shape index (κ2) is 10.0. The van der Waals surface area contributed by atoms with E-state index >= 15 is 0 Å². The van der Waals surface area contributed by atoms with Gasteiger partial charge in [-0.05, 0) is 17.7 Å². The van der Waals surface area contributed by atoms with E-state index in [-0.39, 0.29) is 0 Å². The molecule has 5 aromatic carbocycles. The summed E-state index contributed by atoms with van der Waals surface area (Å²) in [5, 5.41) is 3.95. The zero-order valence-corrected chi connectivity index (χ0v) is 26.2. The molecular formula is C39H22BrN7. The molecule has 8 bridgehead atoms. The fourth-order valence-electron chi connectivity index (χ4n) is 6.75. The summed E-state index contributed by atoms with van der Waals surface area (Å²) < 4.78 is 1.00. The van der Waals surface area contributed by atoms with Crippen LogP contribution < -0.4 is 0 Å². The monoisotopic (exact) mass is 667 g/mol. The van der Waals surface area contributed by atoms with Crippen LogP contribution >= 0.6 is 15.9 Å². The Morgan fingerprint density at radius 1 is 0.404 bits per heavy atom. The first-order chi connectivity index (χ1) is 23.2. The van der Waals surface area contributed by atoms with Crippen molar-refractivity contribution in [2.45, 2.75) is 0 Å². The van der Waals surface area contributed by atoms with Gasteiger partial charge < -0.3 is 9.97 Å². The Bertz CT molecular complexity index is 2760. The van der Waals surface area contributed by atoms with Gasteiger partial charge in [-0.25, -0.2) is 24.9 Å². The summed E-state index contributed by atoms with van der Waals surface area (Å²) in [4.78, 5) is 33.0. The third kappa shape index (κ3) is 4.01. The van der Waals surface area contributed by atoms with Crippen molar-refractivity contribution in [3.63, 3.8) is 0 Å². The fourth-order valence-corrected chi connectivity index (χ4v) is 7.01. The zero-order valence-electron chi connectivity index (χ0n) is 24.7. The Kier molecular flexibility index (Phi) is 5.59. The Morgan fingerprint density at radius 2 is 0.851 bits per heavy atom. The molecule has 0 unspecified atom stereocenters. The number of hydrogen-bond donors (Lipinski definition) is 2. The lowest BCUT2D eigenvalue weighted by molar-refractivity contribution is 1.21. The summed E-state index contributed by atoms with van der Waals surface area (Å²) in [6, 6.07) is 41.3. The second-order valence-corrected chi connectivity index (χ2v) is 12.5. The van der Waals surface area contributed by atoms with E-state index in [2.05, 4.69) is 105 Å². The van der Waals surface area contributed by atoms with Crippen molar-refractivity contribution in [3.05, 3.63) is 126 Å². The highest BCUT2D eigenvalue weighted by molar-refractivity contribution is 9.10. The van der Waals surface area contributed by atoms with Gasteiger partial charge in [0, 0.05) is 53.8 Å². The molecule has 47 heavy (non-hydrogen) atoms. The van der Waals surface area contributed by atoms with Gasteiger partial charge in [0.2, 0.25) is 0 Å². The van der Waals surface area contributed by atoms with E-state index in [1.807, 2.05) is 42.5 Å². The van der Waals surface area contributed by atoms with Gasteiger partial charge in [0.25, 0.3) is 0 Å². The van der Waals surface area contributed by atoms with Crippen LogP contribution in [0.15, 0.2) is 126 Å². The Balaban J connectivity index is 1.47. The largest absolute Gasteiger partial charge is 0.339 e. The molecule has 5 heterocycles. The Labute approximate surface area is 276 Å². The molecule has 2 aliphatic heterocycles. The number of hydrogen-bond acceptors (Lipinski definition) is 5. The van der Waals surface area contributed by atoms with Crippen molar-refractivity contribution in [2.75, 3.05) is 0 Å². The molecule has 7 nitrogen and oxygen atoms in total. The minimum absolute atomic E-state index is 0.599. The number of halogens is 1. The van der Waals surface area contributed by atoms with Crippen molar-refractivity contribution >= 4 is 59.9 Å². The highest BCUT2D eigenvalue weighted by Gasteiger charge is 2.24. The van der Waals surface area contributed by atoms with Crippen LogP contribution in [0.2, 0.25) is 0 Å². The minimum atomic E-state index is 0.599. The molecule has 0 saturated carbocycles. The SMILES string of the molecule is Brc1ccc(-c2c3nc(nc4[nH]c(nc5nc(nc6[nH]c2c2ccccc62)-c2ccccc2-5)c2ccccc42)-c2ccccc2-3)cc1. The summed E-state index contributed by atoms with van der Waals surface area (Å²) >= 11 is 3.63. The zero-order chi connectivity index (χ0) is 31.1. The van der Waals surface area contributed by atoms with E-state index in [9.17, 15) is 0 Å². The van der Waals surface area contributed by atoms with Gasteiger partial charge in [0.1, 0.15) is 16.9 Å². The number of aromatic amines is 2. The minimum Gasteiger partial charge on any atom is -0.339 e. The lowest BCUT2D eigenvalue weighted by atomic mass is 9.97. The first-order valence-corrected chi connectivity index (χ1v) is 16.1. The maximum absolute atomic E-state index is 5.31. The average molecular weight is 669 g/mol. The van der Waals surface area contributed by atoms with Crippen molar-refractivity contribution < 1.29 is 0 Å². The highest BCUT2D eigenvalue weighted by Crippen LogP contribution is 2.43. The third-order valence-electron chi connectivity index (χ3n) is 8.90. The van der Waals surface area contributed by atoms with Gasteiger partial charge in [0.05, 0.1) is 11.2 Å². The molecule has 0 radical (unpaired) electrons. The van der Waals surface area contributed by atoms with Crippen LogP contribution in [-0.2, 0) is 0 Å². The van der Waals surface area contributed by atoms with Crippen LogP contribution in [-0.4, -0.2) is 34.9 Å². The molecule has 3 aromatic heterocycles. The standard InChI is InChI=1S/C39H22BrN7/c40-22-19-17-21(18-20-22)31-32-23-9-1-3-11-25(23)34(41-32)43-36-27-13-5-7-15-29(27)38(45-36)47-39-30-16-8-6-14-28(30)37(46-39)44-35-26-12-4-2-10-24(26)33(31)42-35/h1-20H,(H2,41,42,43,44,45,46,47). The molecule has 8 aromatic rings. The van der Waals surface area contributed by atoms with Gasteiger partial charge in [-0.3, -0.25) is 0 Å². The van der Waals surface area contributed by atoms with Crippen molar-refractivity contribution in [1.29, 1.82) is 0 Å². The van der Waals surface area contributed by atoms with Gasteiger partial charge >= 0.3 is 0 Å². The summed E-state index contributed by atoms with van der Waals surface area (Å²) in [6.45, 7) is 0. The van der Waals surface area contributed by atoms with E-state index in [1.54, 1.807) is 0 Å². The molecular weight excluding hydrogens is 646 g/mol. The molecule has 0 spiro atoms. The molecule has 220 valence electrons. The highest BCUT2D eigenvalue weighted by atomic mass is 79.9. The molecule has 0 saturated heterocycles. The summed E-state index contributed by atoms with van der Waals surface area (Å²) in [7, 11) is 0. The molecule has 10 rings (SSSR count). The van der Waals surface area contributed by atoms with Crippen LogP contribution in [0.5, 0.6) is 0 Å². The third-order valence-corrected chi connectivity index (χ3v) is 9.43. The molecule has 2 N–H and O–H groups in total. The lowest BCUT2D eigenvalue weighted by Gasteiger charge is -2.07. The smallest absolute Gasteiger partial charge is 0.164 e. The summed E-state index contributed by atoms with van der Waals surface area (Å²) in [5.41, 5.74) is 9.70. The number of fused-ring (bicyclic) bond motifs is 20. The molecule has 0 aliphatic carbocycles. The topological polar surface area (TPSA) is 96.0 Å². The maximum Gasteiger partial charge on any atom is 0.164 e. The molecule has 0 amide bonds. The molecule has 2 aliphatic rings. The number of H-pyrrole nitrogens is 2. The molecule has 0 atom stereocenters. The first kappa shape index (κ1) is 26.2. The lowest BCUT2D eigenvalue weighted by Crippen LogP contribution is -1.86. The predicted molar refractivity (Wildman–Crippen MR) is 191 cm³/mol. The Hall–Kier alpha value is -5.99. The van der Waals surface area contributed by atoms with Gasteiger partial charge in [-0.15, -0.1) is 0 Å². The number of benzene rings is 5. The number of nitrogens with one attached hydrogen (secondary N) is 2. The van der Waals surface area contributed by atoms with E-state index in [4.69, 9.17) is 24.9 Å². The van der Waals surface area contributed by atoms with E-state index in [1.165, 1.54) is 0 Å². The maximum atomic E-state index is 5.31. The average Bonchev–Trinajstić information content (AvgIpc) is 3.85. The van der Waals surface area contributed by atoms with Crippen molar-refractivity contribution in [2.24, 2.45) is 0 Å². The number of nitrogens with zero attached hydrogens (tertiary/aromatic N) is 5. The van der Waals surface area contributed by atoms with Crippen LogP contribution in [0.1, 0.15) is 0 Å². The Morgan fingerprint density at radius 3 is 1.45 bits per heavy atom. The number of aromatic nitrogens is 7. The fraction of sp³-hybridized carbons (Fsp3) is 0. The first-order valence-electron chi connectivity index (χ1n) is 15.3. The van der Waals surface area contributed by atoms with Crippen LogP contribution in [0.4, 0.5) is 0 Å². The molecule has 0 fully saturated rings. The van der Waals surface area contributed by atoms with Crippen LogP contribution in [0, 0.1) is 0 Å². The summed E-state index contributed by atoms with van der Waals surface area (Å²) in [5.74, 6) is 1.84. The van der Waals surface area contributed by atoms with Crippen molar-refractivity contribution in [3.8, 4) is 56.5 Å². The van der Waals surface area contributed by atoms with Gasteiger partial charge in [-0.2, -0.15) is 0 Å². The van der Waals surface area contributed by atoms with Gasteiger partial charge in [-0.1, -0.05) is 125 Å². The predicted octanol–water partition coefficient (Wildman–Crippen LogP) is 9.90. The number of rotatable bonds is 1. The van der Waals surface area contributed by atoms with Crippen LogP contribution in [0.3, 0.4) is 0 Å². The quantitative estimate of drug-likeness (QED) is 0.182. The van der Waals surface area contributed by atoms with Crippen molar-refractivity contribution in [1.82, 2.24) is 34.9 Å². The molecule has 8 heteroatoms. The summed E-state index contributed by atoms with van der Waals surface area (Å²) in [6.07, 6.45) is 0. The van der Waals surface area contributed by atoms with E-state index in [0.717, 1.165) is 76.3 Å². The van der Waals surface area contributed by atoms with E-state index < -0.39 is 0 Å². The van der Waals surface area contributed by atoms with Gasteiger partial charge in [0.15, 0.2) is 17.5 Å². The second-order valence-electron chi connectivity index (χ2n) is 11.6. The van der Waals surface area contributed by atoms with Crippen LogP contribution in [0.25, 0.3) is 101 Å². The normalized spacial score (nSPS) is 11.9. The van der Waals surface area contributed by atoms with E-state index in [0.29, 0.717) is 28.8 Å².